The summed E-state index contributed by atoms with van der Waals surface area (Å²) in [4.78, 5) is 23.9. The first-order valence-corrected chi connectivity index (χ1v) is 9.82. The molecule has 9 heteroatoms. The Balaban J connectivity index is 1.73. The molecule has 0 heterocycles. The van der Waals surface area contributed by atoms with Gasteiger partial charge in [0.2, 0.25) is 11.8 Å². The lowest BCUT2D eigenvalue weighted by Gasteiger charge is -2.15. The second kappa shape index (κ2) is 10.2. The molecule has 0 saturated carbocycles. The SMILES string of the molecule is COc1ccc(NC(=O)CSCC(=O)NC(C)c2ccc(C(F)(F)F)cc2)cc1. The highest BCUT2D eigenvalue weighted by molar-refractivity contribution is 8.00. The Hall–Kier alpha value is -2.68. The number of carbonyl (C=O) groups is 2. The number of carbonyl (C=O) groups excluding carboxylic acids is 2. The minimum Gasteiger partial charge on any atom is -0.497 e. The third-order valence-corrected chi connectivity index (χ3v) is 4.89. The maximum atomic E-state index is 12.6. The molecule has 0 saturated heterocycles. The molecule has 2 amide bonds. The van der Waals surface area contributed by atoms with E-state index in [1.807, 2.05) is 0 Å². The highest BCUT2D eigenvalue weighted by Gasteiger charge is 2.30. The van der Waals surface area contributed by atoms with Gasteiger partial charge >= 0.3 is 6.18 Å². The molecule has 2 N–H and O–H groups in total. The number of rotatable bonds is 8. The van der Waals surface area contributed by atoms with E-state index in [-0.39, 0.29) is 23.3 Å². The van der Waals surface area contributed by atoms with Crippen molar-refractivity contribution in [2.45, 2.75) is 19.1 Å². The van der Waals surface area contributed by atoms with Crippen LogP contribution in [0, 0.1) is 0 Å². The fourth-order valence-corrected chi connectivity index (χ4v) is 3.06. The van der Waals surface area contributed by atoms with Gasteiger partial charge in [-0.3, -0.25) is 9.59 Å². The average Bonchev–Trinajstić information content (AvgIpc) is 2.68. The molecular weight excluding hydrogens is 405 g/mol. The second-order valence-electron chi connectivity index (χ2n) is 6.18. The van der Waals surface area contributed by atoms with Crippen LogP contribution in [-0.4, -0.2) is 30.4 Å². The smallest absolute Gasteiger partial charge is 0.416 e. The van der Waals surface area contributed by atoms with Crippen LogP contribution in [0.4, 0.5) is 18.9 Å². The van der Waals surface area contributed by atoms with E-state index in [4.69, 9.17) is 4.74 Å². The van der Waals surface area contributed by atoms with Crippen LogP contribution in [-0.2, 0) is 15.8 Å². The molecule has 156 valence electrons. The van der Waals surface area contributed by atoms with Crippen molar-refractivity contribution in [2.24, 2.45) is 0 Å². The third kappa shape index (κ3) is 7.34. The standard InChI is InChI=1S/C20H21F3N2O3S/c1-13(14-3-5-15(6-4-14)20(21,22)23)24-18(26)11-29-12-19(27)25-16-7-9-17(28-2)10-8-16/h3-10,13H,11-12H2,1-2H3,(H,24,26)(H,25,27). The molecule has 1 atom stereocenters. The van der Waals surface area contributed by atoms with E-state index in [1.54, 1.807) is 38.3 Å². The number of ether oxygens (including phenoxy) is 1. The van der Waals surface area contributed by atoms with Gasteiger partial charge in [0.1, 0.15) is 5.75 Å². The van der Waals surface area contributed by atoms with Crippen LogP contribution >= 0.6 is 11.8 Å². The summed E-state index contributed by atoms with van der Waals surface area (Å²) in [5, 5.41) is 5.42. The Morgan fingerprint density at radius 3 is 2.14 bits per heavy atom. The molecule has 2 aromatic carbocycles. The lowest BCUT2D eigenvalue weighted by atomic mass is 10.1. The summed E-state index contributed by atoms with van der Waals surface area (Å²) in [5.41, 5.74) is 0.448. The molecule has 0 aliphatic heterocycles. The monoisotopic (exact) mass is 426 g/mol. The van der Waals surface area contributed by atoms with Crippen molar-refractivity contribution in [3.8, 4) is 5.75 Å². The zero-order valence-corrected chi connectivity index (χ0v) is 16.7. The highest BCUT2D eigenvalue weighted by atomic mass is 32.2. The lowest BCUT2D eigenvalue weighted by molar-refractivity contribution is -0.137. The van der Waals surface area contributed by atoms with E-state index in [9.17, 15) is 22.8 Å². The van der Waals surface area contributed by atoms with Gasteiger partial charge in [0.25, 0.3) is 0 Å². The first kappa shape index (κ1) is 22.6. The second-order valence-corrected chi connectivity index (χ2v) is 7.16. The zero-order valence-electron chi connectivity index (χ0n) is 15.9. The first-order valence-electron chi connectivity index (χ1n) is 8.67. The topological polar surface area (TPSA) is 67.4 Å². The van der Waals surface area contributed by atoms with Crippen molar-refractivity contribution in [1.82, 2.24) is 5.32 Å². The largest absolute Gasteiger partial charge is 0.497 e. The fourth-order valence-electron chi connectivity index (χ4n) is 2.44. The minimum atomic E-state index is -4.39. The van der Waals surface area contributed by atoms with Crippen LogP contribution in [0.2, 0.25) is 0 Å². The van der Waals surface area contributed by atoms with Gasteiger partial charge in [-0.2, -0.15) is 13.2 Å². The number of hydrogen-bond acceptors (Lipinski definition) is 4. The van der Waals surface area contributed by atoms with Crippen molar-refractivity contribution in [3.63, 3.8) is 0 Å². The number of benzene rings is 2. The van der Waals surface area contributed by atoms with Gasteiger partial charge in [-0.15, -0.1) is 11.8 Å². The minimum absolute atomic E-state index is 0.0566. The van der Waals surface area contributed by atoms with Crippen molar-refractivity contribution in [3.05, 3.63) is 59.7 Å². The Bertz CT molecular complexity index is 824. The number of thioether (sulfide) groups is 1. The normalized spacial score (nSPS) is 12.2. The van der Waals surface area contributed by atoms with E-state index in [2.05, 4.69) is 10.6 Å². The van der Waals surface area contributed by atoms with Gasteiger partial charge < -0.3 is 15.4 Å². The number of amides is 2. The molecular formula is C20H21F3N2O3S. The number of hydrogen-bond donors (Lipinski definition) is 2. The van der Waals surface area contributed by atoms with E-state index in [0.29, 0.717) is 17.0 Å². The van der Waals surface area contributed by atoms with Crippen LogP contribution in [0.15, 0.2) is 48.5 Å². The van der Waals surface area contributed by atoms with Gasteiger partial charge in [-0.25, -0.2) is 0 Å². The number of halogens is 3. The van der Waals surface area contributed by atoms with Crippen molar-refractivity contribution in [2.75, 3.05) is 23.9 Å². The van der Waals surface area contributed by atoms with Gasteiger partial charge in [0, 0.05) is 5.69 Å². The van der Waals surface area contributed by atoms with Crippen molar-refractivity contribution >= 4 is 29.3 Å². The fraction of sp³-hybridized carbons (Fsp3) is 0.300. The molecule has 2 aromatic rings. The lowest BCUT2D eigenvalue weighted by Crippen LogP contribution is -2.28. The first-order chi connectivity index (χ1) is 13.7. The van der Waals surface area contributed by atoms with Crippen LogP contribution in [0.1, 0.15) is 24.1 Å². The predicted molar refractivity (Wildman–Crippen MR) is 107 cm³/mol. The summed E-state index contributed by atoms with van der Waals surface area (Å²) in [6.45, 7) is 1.68. The molecule has 1 unspecified atom stereocenters. The van der Waals surface area contributed by atoms with Gasteiger partial charge in [-0.1, -0.05) is 12.1 Å². The summed E-state index contributed by atoms with van der Waals surface area (Å²) in [6.07, 6.45) is -4.39. The van der Waals surface area contributed by atoms with E-state index in [0.717, 1.165) is 23.9 Å². The molecule has 5 nitrogen and oxygen atoms in total. The van der Waals surface area contributed by atoms with Crippen LogP contribution in [0.3, 0.4) is 0 Å². The quantitative estimate of drug-likeness (QED) is 0.662. The summed E-state index contributed by atoms with van der Waals surface area (Å²) >= 11 is 1.14. The van der Waals surface area contributed by atoms with Gasteiger partial charge in [-0.05, 0) is 48.9 Å². The highest BCUT2D eigenvalue weighted by Crippen LogP contribution is 2.29. The molecule has 0 aliphatic rings. The van der Waals surface area contributed by atoms with Crippen LogP contribution in [0.5, 0.6) is 5.75 Å². The maximum Gasteiger partial charge on any atom is 0.416 e. The third-order valence-electron chi connectivity index (χ3n) is 3.96. The van der Waals surface area contributed by atoms with Crippen molar-refractivity contribution < 1.29 is 27.5 Å². The van der Waals surface area contributed by atoms with E-state index < -0.39 is 17.8 Å². The molecule has 0 bridgehead atoms. The Labute approximate surface area is 171 Å². The van der Waals surface area contributed by atoms with E-state index in [1.165, 1.54) is 12.1 Å². The van der Waals surface area contributed by atoms with Crippen molar-refractivity contribution in [1.29, 1.82) is 0 Å². The summed E-state index contributed by atoms with van der Waals surface area (Å²) < 4.78 is 42.8. The molecule has 0 spiro atoms. The van der Waals surface area contributed by atoms with Gasteiger partial charge in [0.05, 0.1) is 30.2 Å². The summed E-state index contributed by atoms with van der Waals surface area (Å²) in [7, 11) is 1.55. The van der Waals surface area contributed by atoms with Crippen LogP contribution in [0.25, 0.3) is 0 Å². The van der Waals surface area contributed by atoms with E-state index >= 15 is 0 Å². The van der Waals surface area contributed by atoms with Crippen LogP contribution < -0.4 is 15.4 Å². The predicted octanol–water partition coefficient (Wildman–Crippen LogP) is 4.26. The average molecular weight is 426 g/mol. The molecule has 2 rings (SSSR count). The molecule has 0 fully saturated rings. The van der Waals surface area contributed by atoms with Gasteiger partial charge in [0.15, 0.2) is 0 Å². The molecule has 0 aliphatic carbocycles. The number of methoxy groups -OCH3 is 1. The molecule has 29 heavy (non-hydrogen) atoms. The summed E-state index contributed by atoms with van der Waals surface area (Å²) in [5.74, 6) is 0.273. The zero-order chi connectivity index (χ0) is 21.4. The molecule has 0 aromatic heterocycles. The number of anilines is 1. The Morgan fingerprint density at radius 2 is 1.59 bits per heavy atom. The number of nitrogens with one attached hydrogen (secondary N) is 2. The Kier molecular flexibility index (Phi) is 7.95. The summed E-state index contributed by atoms with van der Waals surface area (Å²) in [6, 6.07) is 11.1. The maximum absolute atomic E-state index is 12.6. The Morgan fingerprint density at radius 1 is 1.00 bits per heavy atom. The number of alkyl halides is 3. The molecule has 0 radical (unpaired) electrons.